The second-order valence-corrected chi connectivity index (χ2v) is 4.78. The highest BCUT2D eigenvalue weighted by Gasteiger charge is 2.11. The van der Waals surface area contributed by atoms with E-state index < -0.39 is 0 Å². The molecule has 0 aromatic carbocycles. The van der Waals surface area contributed by atoms with E-state index in [1.165, 1.54) is 10.6 Å². The fraction of sp³-hybridized carbons (Fsp3) is 0.375. The van der Waals surface area contributed by atoms with Crippen LogP contribution in [0.15, 0.2) is 4.60 Å². The normalized spacial score (nSPS) is 11.3. The van der Waals surface area contributed by atoms with Gasteiger partial charge in [-0.15, -0.1) is 11.3 Å². The standard InChI is InChI=1S/C8H9BrN2S/c1-4-7(9)11-5(2)6(3)12-8(11)10-4/h1-3H3. The lowest BCUT2D eigenvalue weighted by molar-refractivity contribution is 1.08. The molecule has 4 heteroatoms. The molecule has 0 aliphatic heterocycles. The summed E-state index contributed by atoms with van der Waals surface area (Å²) in [7, 11) is 0. The van der Waals surface area contributed by atoms with Crippen molar-refractivity contribution in [3.05, 3.63) is 20.9 Å². The Morgan fingerprint density at radius 1 is 1.33 bits per heavy atom. The van der Waals surface area contributed by atoms with Crippen LogP contribution in [-0.4, -0.2) is 9.38 Å². The van der Waals surface area contributed by atoms with Crippen molar-refractivity contribution in [3.63, 3.8) is 0 Å². The number of thiazole rings is 1. The summed E-state index contributed by atoms with van der Waals surface area (Å²) in [6.07, 6.45) is 0. The molecule has 64 valence electrons. The van der Waals surface area contributed by atoms with Crippen LogP contribution in [0.25, 0.3) is 4.96 Å². The number of fused-ring (bicyclic) bond motifs is 1. The van der Waals surface area contributed by atoms with Crippen LogP contribution in [0.2, 0.25) is 0 Å². The first-order valence-corrected chi connectivity index (χ1v) is 5.32. The summed E-state index contributed by atoms with van der Waals surface area (Å²) in [5, 5.41) is 0. The zero-order chi connectivity index (χ0) is 8.88. The van der Waals surface area contributed by atoms with Crippen molar-refractivity contribution >= 4 is 32.2 Å². The maximum atomic E-state index is 4.43. The summed E-state index contributed by atoms with van der Waals surface area (Å²) in [6, 6.07) is 0. The molecule has 0 atom stereocenters. The monoisotopic (exact) mass is 244 g/mol. The minimum absolute atomic E-state index is 1.06. The molecular formula is C8H9BrN2S. The van der Waals surface area contributed by atoms with Crippen molar-refractivity contribution in [2.45, 2.75) is 20.8 Å². The largest absolute Gasteiger partial charge is 0.281 e. The van der Waals surface area contributed by atoms with E-state index in [0.717, 1.165) is 15.3 Å². The van der Waals surface area contributed by atoms with Crippen molar-refractivity contribution in [1.29, 1.82) is 0 Å². The van der Waals surface area contributed by atoms with Gasteiger partial charge in [0.1, 0.15) is 4.60 Å². The van der Waals surface area contributed by atoms with Crippen molar-refractivity contribution in [2.75, 3.05) is 0 Å². The van der Waals surface area contributed by atoms with Crippen molar-refractivity contribution in [2.24, 2.45) is 0 Å². The molecular weight excluding hydrogens is 236 g/mol. The van der Waals surface area contributed by atoms with Gasteiger partial charge in [0.15, 0.2) is 4.96 Å². The third-order valence-corrected chi connectivity index (χ3v) is 4.03. The molecule has 0 saturated heterocycles. The van der Waals surface area contributed by atoms with E-state index in [-0.39, 0.29) is 0 Å². The van der Waals surface area contributed by atoms with E-state index in [1.54, 1.807) is 11.3 Å². The number of rotatable bonds is 0. The van der Waals surface area contributed by atoms with E-state index in [1.807, 2.05) is 6.92 Å². The van der Waals surface area contributed by atoms with Gasteiger partial charge in [0.2, 0.25) is 0 Å². The second-order valence-electron chi connectivity index (χ2n) is 2.85. The predicted molar refractivity (Wildman–Crippen MR) is 55.0 cm³/mol. The summed E-state index contributed by atoms with van der Waals surface area (Å²) in [5.41, 5.74) is 2.34. The molecule has 12 heavy (non-hydrogen) atoms. The summed E-state index contributed by atoms with van der Waals surface area (Å²) in [6.45, 7) is 6.25. The topological polar surface area (TPSA) is 17.3 Å². The fourth-order valence-corrected chi connectivity index (χ4v) is 2.87. The smallest absolute Gasteiger partial charge is 0.195 e. The van der Waals surface area contributed by atoms with Crippen LogP contribution in [0.1, 0.15) is 16.3 Å². The Bertz CT molecular complexity index is 404. The summed E-state index contributed by atoms with van der Waals surface area (Å²) < 4.78 is 3.23. The molecule has 0 bridgehead atoms. The Morgan fingerprint density at radius 3 is 2.58 bits per heavy atom. The quantitative estimate of drug-likeness (QED) is 0.697. The van der Waals surface area contributed by atoms with E-state index in [0.29, 0.717) is 0 Å². The second kappa shape index (κ2) is 2.57. The van der Waals surface area contributed by atoms with Crippen molar-refractivity contribution in [1.82, 2.24) is 9.38 Å². The summed E-state index contributed by atoms with van der Waals surface area (Å²) in [5.74, 6) is 0. The summed E-state index contributed by atoms with van der Waals surface area (Å²) >= 11 is 5.26. The highest BCUT2D eigenvalue weighted by Crippen LogP contribution is 2.27. The number of hydrogen-bond acceptors (Lipinski definition) is 2. The average molecular weight is 245 g/mol. The van der Waals surface area contributed by atoms with Crippen LogP contribution in [0.3, 0.4) is 0 Å². The minimum atomic E-state index is 1.06. The van der Waals surface area contributed by atoms with Crippen LogP contribution < -0.4 is 0 Å². The van der Waals surface area contributed by atoms with Gasteiger partial charge in [0.05, 0.1) is 5.69 Å². The maximum absolute atomic E-state index is 4.43. The van der Waals surface area contributed by atoms with E-state index in [4.69, 9.17) is 0 Å². The Balaban J connectivity index is 2.94. The third kappa shape index (κ3) is 0.944. The molecule has 0 aliphatic carbocycles. The Morgan fingerprint density at radius 2 is 2.00 bits per heavy atom. The van der Waals surface area contributed by atoms with Crippen LogP contribution in [-0.2, 0) is 0 Å². The zero-order valence-electron chi connectivity index (χ0n) is 7.18. The minimum Gasteiger partial charge on any atom is -0.281 e. The average Bonchev–Trinajstić information content (AvgIpc) is 2.40. The van der Waals surface area contributed by atoms with Gasteiger partial charge in [0.25, 0.3) is 0 Å². The molecule has 0 unspecified atom stereocenters. The Kier molecular flexibility index (Phi) is 1.77. The van der Waals surface area contributed by atoms with Crippen LogP contribution in [0.5, 0.6) is 0 Å². The molecule has 0 radical (unpaired) electrons. The number of imidazole rings is 1. The maximum Gasteiger partial charge on any atom is 0.195 e. The number of aromatic nitrogens is 2. The predicted octanol–water partition coefficient (Wildman–Crippen LogP) is 3.08. The number of aryl methyl sites for hydroxylation is 3. The van der Waals surface area contributed by atoms with Gasteiger partial charge in [-0.3, -0.25) is 4.40 Å². The molecule has 2 aromatic heterocycles. The van der Waals surface area contributed by atoms with E-state index in [2.05, 4.69) is 39.2 Å². The van der Waals surface area contributed by atoms with Gasteiger partial charge in [-0.05, 0) is 36.7 Å². The lowest BCUT2D eigenvalue weighted by Gasteiger charge is -1.93. The zero-order valence-corrected chi connectivity index (χ0v) is 9.58. The molecule has 0 amide bonds. The van der Waals surface area contributed by atoms with Gasteiger partial charge < -0.3 is 0 Å². The van der Waals surface area contributed by atoms with Gasteiger partial charge >= 0.3 is 0 Å². The highest BCUT2D eigenvalue weighted by molar-refractivity contribution is 9.10. The first-order chi connectivity index (χ1) is 5.61. The van der Waals surface area contributed by atoms with Crippen molar-refractivity contribution < 1.29 is 0 Å². The molecule has 0 fully saturated rings. The highest BCUT2D eigenvalue weighted by atomic mass is 79.9. The molecule has 0 spiro atoms. The molecule has 0 aliphatic rings. The lowest BCUT2D eigenvalue weighted by atomic mass is 10.4. The summed E-state index contributed by atoms with van der Waals surface area (Å²) in [4.78, 5) is 6.84. The first kappa shape index (κ1) is 8.26. The van der Waals surface area contributed by atoms with E-state index >= 15 is 0 Å². The number of nitrogens with zero attached hydrogens (tertiary/aromatic N) is 2. The van der Waals surface area contributed by atoms with Crippen LogP contribution >= 0.6 is 27.3 Å². The van der Waals surface area contributed by atoms with Gasteiger partial charge in [-0.25, -0.2) is 4.98 Å². The number of halogens is 1. The fourth-order valence-electron chi connectivity index (χ4n) is 1.21. The molecule has 0 N–H and O–H groups in total. The molecule has 2 heterocycles. The van der Waals surface area contributed by atoms with Crippen molar-refractivity contribution in [3.8, 4) is 0 Å². The number of hydrogen-bond donors (Lipinski definition) is 0. The molecule has 0 saturated carbocycles. The van der Waals surface area contributed by atoms with Crippen LogP contribution in [0.4, 0.5) is 0 Å². The van der Waals surface area contributed by atoms with E-state index in [9.17, 15) is 0 Å². The van der Waals surface area contributed by atoms with Gasteiger partial charge in [-0.1, -0.05) is 0 Å². The Hall–Kier alpha value is -0.350. The Labute approximate surface area is 83.4 Å². The third-order valence-electron chi connectivity index (χ3n) is 2.04. The van der Waals surface area contributed by atoms with Gasteiger partial charge in [0, 0.05) is 10.6 Å². The molecule has 2 nitrogen and oxygen atoms in total. The molecule has 2 aromatic rings. The SMILES string of the molecule is Cc1nc2sc(C)c(C)n2c1Br. The van der Waals surface area contributed by atoms with Gasteiger partial charge in [-0.2, -0.15) is 0 Å². The molecule has 2 rings (SSSR count). The van der Waals surface area contributed by atoms with Crippen LogP contribution in [0, 0.1) is 20.8 Å². The first-order valence-electron chi connectivity index (χ1n) is 3.72. The lowest BCUT2D eigenvalue weighted by Crippen LogP contribution is -1.84.